The van der Waals surface area contributed by atoms with Gasteiger partial charge in [-0.05, 0) is 12.8 Å². The van der Waals surface area contributed by atoms with Crippen LogP contribution in [0.2, 0.25) is 0 Å². The second-order valence-electron chi connectivity index (χ2n) is 4.76. The Bertz CT molecular complexity index is 336. The molecule has 0 saturated carbocycles. The van der Waals surface area contributed by atoms with E-state index in [1.807, 2.05) is 13.8 Å². The van der Waals surface area contributed by atoms with Gasteiger partial charge in [-0.3, -0.25) is 0 Å². The highest BCUT2D eigenvalue weighted by Gasteiger charge is 2.37. The van der Waals surface area contributed by atoms with Crippen molar-refractivity contribution in [2.24, 2.45) is 0 Å². The lowest BCUT2D eigenvalue weighted by molar-refractivity contribution is -0.141. The van der Waals surface area contributed by atoms with Gasteiger partial charge in [0.05, 0.1) is 12.5 Å². The summed E-state index contributed by atoms with van der Waals surface area (Å²) in [6.07, 6.45) is 1.70. The number of thioether (sulfide) groups is 1. The van der Waals surface area contributed by atoms with Crippen LogP contribution in [0.5, 0.6) is 0 Å². The average molecular weight is 304 g/mol. The van der Waals surface area contributed by atoms with Crippen LogP contribution in [0.1, 0.15) is 26.7 Å². The number of ether oxygens (including phenoxy) is 1. The largest absolute Gasteiger partial charge is 0.480 e. The first-order chi connectivity index (χ1) is 9.56. The molecule has 6 nitrogen and oxygen atoms in total. The molecule has 1 N–H and O–H groups in total. The van der Waals surface area contributed by atoms with Crippen molar-refractivity contribution >= 4 is 23.8 Å². The van der Waals surface area contributed by atoms with Crippen LogP contribution in [0, 0.1) is 0 Å². The fourth-order valence-corrected chi connectivity index (χ4v) is 3.49. The lowest BCUT2D eigenvalue weighted by Crippen LogP contribution is -2.52. The zero-order chi connectivity index (χ0) is 15.1. The van der Waals surface area contributed by atoms with Crippen LogP contribution in [0.3, 0.4) is 0 Å². The van der Waals surface area contributed by atoms with Crippen molar-refractivity contribution in [3.05, 3.63) is 0 Å². The number of methoxy groups -OCH3 is 1. The van der Waals surface area contributed by atoms with Crippen molar-refractivity contribution in [3.63, 3.8) is 0 Å². The van der Waals surface area contributed by atoms with E-state index in [0.29, 0.717) is 24.8 Å². The monoisotopic (exact) mass is 304 g/mol. The van der Waals surface area contributed by atoms with Crippen LogP contribution in [0.15, 0.2) is 0 Å². The quantitative estimate of drug-likeness (QED) is 0.775. The number of carbonyl (C=O) groups excluding carboxylic acids is 1. The van der Waals surface area contributed by atoms with Gasteiger partial charge in [-0.1, -0.05) is 13.8 Å². The van der Waals surface area contributed by atoms with E-state index in [9.17, 15) is 14.7 Å². The van der Waals surface area contributed by atoms with E-state index in [1.54, 1.807) is 12.0 Å². The number of rotatable bonds is 7. The molecule has 20 heavy (non-hydrogen) atoms. The molecule has 1 aliphatic heterocycles. The van der Waals surface area contributed by atoms with Gasteiger partial charge in [0, 0.05) is 25.4 Å². The van der Waals surface area contributed by atoms with Gasteiger partial charge in [0.15, 0.2) is 0 Å². The number of carboxylic acid groups (broad SMARTS) is 1. The highest BCUT2D eigenvalue weighted by Crippen LogP contribution is 2.24. The van der Waals surface area contributed by atoms with Crippen LogP contribution in [0.25, 0.3) is 0 Å². The Morgan fingerprint density at radius 1 is 1.45 bits per heavy atom. The number of urea groups is 1. The molecular formula is C13H24N2O4S. The van der Waals surface area contributed by atoms with Crippen LogP contribution >= 0.6 is 11.8 Å². The summed E-state index contributed by atoms with van der Waals surface area (Å²) in [5, 5.41) is 9.19. The van der Waals surface area contributed by atoms with Gasteiger partial charge < -0.3 is 19.6 Å². The second kappa shape index (κ2) is 8.36. The fourth-order valence-electron chi connectivity index (χ4n) is 2.35. The van der Waals surface area contributed by atoms with Crippen molar-refractivity contribution in [3.8, 4) is 0 Å². The predicted octanol–water partition coefficient (Wildman–Crippen LogP) is 1.70. The Labute approximate surface area is 124 Å². The summed E-state index contributed by atoms with van der Waals surface area (Å²) in [6.45, 7) is 5.03. The minimum atomic E-state index is -0.931. The SMILES string of the molecule is CCC(CC)N(CCOC)C(=O)N1CSC[C@H]1C(=O)O. The van der Waals surface area contributed by atoms with Crippen LogP contribution < -0.4 is 0 Å². The van der Waals surface area contributed by atoms with Gasteiger partial charge >= 0.3 is 12.0 Å². The molecule has 0 aromatic carbocycles. The summed E-state index contributed by atoms with van der Waals surface area (Å²) in [4.78, 5) is 27.1. The second-order valence-corrected chi connectivity index (χ2v) is 5.76. The fraction of sp³-hybridized carbons (Fsp3) is 0.846. The van der Waals surface area contributed by atoms with Crippen molar-refractivity contribution in [2.75, 3.05) is 31.9 Å². The van der Waals surface area contributed by atoms with E-state index in [1.165, 1.54) is 16.7 Å². The smallest absolute Gasteiger partial charge is 0.327 e. The summed E-state index contributed by atoms with van der Waals surface area (Å²) in [5.41, 5.74) is 0. The summed E-state index contributed by atoms with van der Waals surface area (Å²) >= 11 is 1.48. The Morgan fingerprint density at radius 2 is 2.10 bits per heavy atom. The predicted molar refractivity (Wildman–Crippen MR) is 78.9 cm³/mol. The van der Waals surface area contributed by atoms with Gasteiger partial charge in [-0.2, -0.15) is 0 Å². The molecule has 0 aromatic heterocycles. The lowest BCUT2D eigenvalue weighted by atomic mass is 10.1. The number of aliphatic carboxylic acids is 1. The van der Waals surface area contributed by atoms with Gasteiger partial charge in [-0.25, -0.2) is 9.59 Å². The zero-order valence-corrected chi connectivity index (χ0v) is 13.2. The molecular weight excluding hydrogens is 280 g/mol. The molecule has 1 rings (SSSR count). The highest BCUT2D eigenvalue weighted by molar-refractivity contribution is 7.99. The number of nitrogens with zero attached hydrogens (tertiary/aromatic N) is 2. The molecule has 0 aliphatic carbocycles. The van der Waals surface area contributed by atoms with Crippen molar-refractivity contribution in [2.45, 2.75) is 38.8 Å². The molecule has 1 atom stereocenters. The third kappa shape index (κ3) is 4.02. The maximum atomic E-state index is 12.6. The minimum Gasteiger partial charge on any atom is -0.480 e. The van der Waals surface area contributed by atoms with E-state index in [-0.39, 0.29) is 12.1 Å². The Hall–Kier alpha value is -0.950. The Morgan fingerprint density at radius 3 is 2.60 bits per heavy atom. The maximum Gasteiger partial charge on any atom is 0.327 e. The molecule has 0 unspecified atom stereocenters. The Kier molecular flexibility index (Phi) is 7.15. The van der Waals surface area contributed by atoms with Crippen LogP contribution in [0.4, 0.5) is 4.79 Å². The maximum absolute atomic E-state index is 12.6. The molecule has 0 aromatic rings. The van der Waals surface area contributed by atoms with Crippen molar-refractivity contribution < 1.29 is 19.4 Å². The number of amides is 2. The molecule has 0 radical (unpaired) electrons. The Balaban J connectivity index is 2.83. The van der Waals surface area contributed by atoms with Crippen LogP contribution in [-0.4, -0.2) is 70.9 Å². The summed E-state index contributed by atoms with van der Waals surface area (Å²) in [5.74, 6) is -0.0266. The molecule has 7 heteroatoms. The first-order valence-corrected chi connectivity index (χ1v) is 8.08. The van der Waals surface area contributed by atoms with Crippen LogP contribution in [-0.2, 0) is 9.53 Å². The molecule has 2 amide bonds. The van der Waals surface area contributed by atoms with Gasteiger partial charge in [0.1, 0.15) is 6.04 Å². The molecule has 0 spiro atoms. The van der Waals surface area contributed by atoms with Gasteiger partial charge in [-0.15, -0.1) is 11.8 Å². The number of hydrogen-bond donors (Lipinski definition) is 1. The van der Waals surface area contributed by atoms with E-state index in [0.717, 1.165) is 12.8 Å². The lowest BCUT2D eigenvalue weighted by Gasteiger charge is -2.35. The third-order valence-electron chi connectivity index (χ3n) is 3.58. The average Bonchev–Trinajstić information content (AvgIpc) is 2.92. The molecule has 0 bridgehead atoms. The standard InChI is InChI=1S/C13H24N2O4S/c1-4-10(5-2)14(6-7-19-3)13(18)15-9-20-8-11(15)12(16)17/h10-11H,4-9H2,1-3H3,(H,16,17)/t11-/m0/s1. The zero-order valence-electron chi connectivity index (χ0n) is 12.4. The van der Waals surface area contributed by atoms with Gasteiger partial charge in [0.25, 0.3) is 0 Å². The third-order valence-corrected chi connectivity index (χ3v) is 4.59. The van der Waals surface area contributed by atoms with E-state index >= 15 is 0 Å². The molecule has 1 aliphatic rings. The number of carbonyl (C=O) groups is 2. The first-order valence-electron chi connectivity index (χ1n) is 6.93. The number of hydrogen-bond acceptors (Lipinski definition) is 4. The topological polar surface area (TPSA) is 70.1 Å². The van der Waals surface area contributed by atoms with Crippen molar-refractivity contribution in [1.82, 2.24) is 9.80 Å². The van der Waals surface area contributed by atoms with E-state index in [2.05, 4.69) is 0 Å². The summed E-state index contributed by atoms with van der Waals surface area (Å²) in [7, 11) is 1.60. The summed E-state index contributed by atoms with van der Waals surface area (Å²) < 4.78 is 5.06. The normalized spacial score (nSPS) is 18.6. The molecule has 1 saturated heterocycles. The molecule has 1 fully saturated rings. The van der Waals surface area contributed by atoms with Crippen molar-refractivity contribution in [1.29, 1.82) is 0 Å². The first kappa shape index (κ1) is 17.1. The minimum absolute atomic E-state index is 0.123. The van der Waals surface area contributed by atoms with E-state index < -0.39 is 12.0 Å². The summed E-state index contributed by atoms with van der Waals surface area (Å²) in [6, 6.07) is -0.780. The molecule has 116 valence electrons. The molecule has 1 heterocycles. The highest BCUT2D eigenvalue weighted by atomic mass is 32.2. The number of carboxylic acids is 1. The van der Waals surface area contributed by atoms with Gasteiger partial charge in [0.2, 0.25) is 0 Å². The van der Waals surface area contributed by atoms with E-state index in [4.69, 9.17) is 4.74 Å².